The molecule has 0 aromatic carbocycles. The zero-order valence-electron chi connectivity index (χ0n) is 11.3. The molecule has 2 fully saturated rings. The molecule has 2 N–H and O–H groups in total. The van der Waals surface area contributed by atoms with Crippen LogP contribution in [0.15, 0.2) is 17.5 Å². The van der Waals surface area contributed by atoms with E-state index in [0.717, 1.165) is 5.69 Å². The summed E-state index contributed by atoms with van der Waals surface area (Å²) in [5.41, 5.74) is 0.926. The number of aromatic nitrogens is 2. The van der Waals surface area contributed by atoms with E-state index in [4.69, 9.17) is 0 Å². The Morgan fingerprint density at radius 3 is 3.00 bits per heavy atom. The Morgan fingerprint density at radius 1 is 1.53 bits per heavy atom. The zero-order valence-corrected chi connectivity index (χ0v) is 11.3. The fraction of sp³-hybridized carbons (Fsp3) is 0.615. The van der Waals surface area contributed by atoms with Crippen LogP contribution in [0.5, 0.6) is 0 Å². The lowest BCUT2D eigenvalue weighted by molar-refractivity contribution is -0.120. The van der Waals surface area contributed by atoms with Gasteiger partial charge >= 0.3 is 0 Å². The number of carbonyl (C=O) groups is 1. The standard InChI is InChI=1S/C13H19N5O/c1-8(2)5-15-13-16-11(12(19)17-13)10-6-14-7-18(10)9-3-4-9/h6-9,11H,3-5H2,1-2H3,(H2,15,16,17,19). The van der Waals surface area contributed by atoms with Crippen molar-refractivity contribution >= 4 is 11.9 Å². The fourth-order valence-electron chi connectivity index (χ4n) is 2.19. The molecule has 0 spiro atoms. The molecule has 6 nitrogen and oxygen atoms in total. The summed E-state index contributed by atoms with van der Waals surface area (Å²) in [7, 11) is 0. The van der Waals surface area contributed by atoms with Crippen LogP contribution in [-0.4, -0.2) is 28.0 Å². The Kier molecular flexibility index (Phi) is 3.00. The van der Waals surface area contributed by atoms with Gasteiger partial charge in [-0.3, -0.25) is 15.1 Å². The molecule has 1 aliphatic carbocycles. The van der Waals surface area contributed by atoms with Crippen LogP contribution in [0, 0.1) is 5.92 Å². The van der Waals surface area contributed by atoms with Crippen molar-refractivity contribution in [2.45, 2.75) is 38.8 Å². The Bertz CT molecular complexity index is 515. The summed E-state index contributed by atoms with van der Waals surface area (Å²) >= 11 is 0. The van der Waals surface area contributed by atoms with Gasteiger partial charge in [0.15, 0.2) is 12.0 Å². The lowest BCUT2D eigenvalue weighted by Crippen LogP contribution is -2.26. The Hall–Kier alpha value is -1.85. The molecule has 1 unspecified atom stereocenters. The number of hydrogen-bond donors (Lipinski definition) is 2. The maximum Gasteiger partial charge on any atom is 0.255 e. The van der Waals surface area contributed by atoms with Gasteiger partial charge in [-0.05, 0) is 18.8 Å². The number of guanidine groups is 1. The van der Waals surface area contributed by atoms with Crippen molar-refractivity contribution in [3.63, 3.8) is 0 Å². The van der Waals surface area contributed by atoms with Crippen LogP contribution >= 0.6 is 0 Å². The van der Waals surface area contributed by atoms with Crippen LogP contribution in [0.2, 0.25) is 0 Å². The highest BCUT2D eigenvalue weighted by molar-refractivity contribution is 6.06. The number of carbonyl (C=O) groups excluding carboxylic acids is 1. The topological polar surface area (TPSA) is 71.3 Å². The van der Waals surface area contributed by atoms with E-state index >= 15 is 0 Å². The third-order valence-electron chi connectivity index (χ3n) is 3.33. The summed E-state index contributed by atoms with van der Waals surface area (Å²) in [6, 6.07) is 0.151. The van der Waals surface area contributed by atoms with Crippen molar-refractivity contribution in [1.82, 2.24) is 20.2 Å². The van der Waals surface area contributed by atoms with Gasteiger partial charge in [-0.15, -0.1) is 0 Å². The van der Waals surface area contributed by atoms with E-state index < -0.39 is 0 Å². The first-order valence-electron chi connectivity index (χ1n) is 6.78. The van der Waals surface area contributed by atoms with Crippen LogP contribution in [0.4, 0.5) is 0 Å². The first-order valence-corrected chi connectivity index (χ1v) is 6.78. The lowest BCUT2D eigenvalue weighted by Gasteiger charge is -2.11. The van der Waals surface area contributed by atoms with Crippen molar-refractivity contribution in [1.29, 1.82) is 0 Å². The third-order valence-corrected chi connectivity index (χ3v) is 3.33. The fourth-order valence-corrected chi connectivity index (χ4v) is 2.19. The minimum Gasteiger partial charge on any atom is -0.339 e. The molecule has 1 atom stereocenters. The normalized spacial score (nSPS) is 24.9. The van der Waals surface area contributed by atoms with Crippen LogP contribution in [-0.2, 0) is 4.79 Å². The first-order chi connectivity index (χ1) is 9.15. The van der Waals surface area contributed by atoms with E-state index in [-0.39, 0.29) is 11.9 Å². The Balaban J connectivity index is 1.76. The second kappa shape index (κ2) is 4.68. The highest BCUT2D eigenvalue weighted by atomic mass is 16.2. The molecule has 0 radical (unpaired) electrons. The van der Waals surface area contributed by atoms with Crippen molar-refractivity contribution in [3.8, 4) is 0 Å². The van der Waals surface area contributed by atoms with Gasteiger partial charge in [0, 0.05) is 12.6 Å². The van der Waals surface area contributed by atoms with E-state index in [2.05, 4.69) is 39.0 Å². The summed E-state index contributed by atoms with van der Waals surface area (Å²) in [5, 5.41) is 5.94. The zero-order chi connectivity index (χ0) is 13.4. The van der Waals surface area contributed by atoms with Crippen LogP contribution < -0.4 is 10.6 Å². The Labute approximate surface area is 112 Å². The van der Waals surface area contributed by atoms with Gasteiger partial charge in [-0.2, -0.15) is 0 Å². The summed E-state index contributed by atoms with van der Waals surface area (Å²) in [6.45, 7) is 4.90. The van der Waals surface area contributed by atoms with E-state index in [1.54, 1.807) is 6.20 Å². The van der Waals surface area contributed by atoms with Gasteiger partial charge in [0.05, 0.1) is 18.2 Å². The highest BCUT2D eigenvalue weighted by Gasteiger charge is 2.35. The molecule has 1 saturated heterocycles. The molecule has 19 heavy (non-hydrogen) atoms. The molecule has 2 heterocycles. The van der Waals surface area contributed by atoms with Crippen molar-refractivity contribution < 1.29 is 4.79 Å². The number of imidazole rings is 1. The number of nitrogens with one attached hydrogen (secondary N) is 2. The second-order valence-electron chi connectivity index (χ2n) is 5.61. The molecular formula is C13H19N5O. The summed E-state index contributed by atoms with van der Waals surface area (Å²) < 4.78 is 2.10. The molecule has 1 saturated carbocycles. The highest BCUT2D eigenvalue weighted by Crippen LogP contribution is 2.37. The van der Waals surface area contributed by atoms with E-state index in [9.17, 15) is 4.79 Å². The Morgan fingerprint density at radius 2 is 2.32 bits per heavy atom. The number of nitrogens with zero attached hydrogens (tertiary/aromatic N) is 3. The molecule has 0 bridgehead atoms. The SMILES string of the molecule is CC(C)CN=C1NC(=O)C(c2cncn2C2CC2)N1. The van der Waals surface area contributed by atoms with Crippen LogP contribution in [0.25, 0.3) is 0 Å². The largest absolute Gasteiger partial charge is 0.339 e. The average Bonchev–Trinajstić information content (AvgIpc) is 2.97. The maximum absolute atomic E-state index is 12.0. The number of hydrogen-bond acceptors (Lipinski definition) is 3. The third kappa shape index (κ3) is 2.47. The van der Waals surface area contributed by atoms with Gasteiger partial charge < -0.3 is 9.88 Å². The smallest absolute Gasteiger partial charge is 0.255 e. The monoisotopic (exact) mass is 261 g/mol. The van der Waals surface area contributed by atoms with Crippen molar-refractivity contribution in [2.75, 3.05) is 6.54 Å². The second-order valence-corrected chi connectivity index (χ2v) is 5.61. The summed E-state index contributed by atoms with van der Waals surface area (Å²) in [6.07, 6.45) is 5.92. The van der Waals surface area contributed by atoms with E-state index in [1.165, 1.54) is 12.8 Å². The first kappa shape index (κ1) is 12.2. The van der Waals surface area contributed by atoms with Gasteiger partial charge in [0.1, 0.15) is 0 Å². The molecule has 1 aromatic heterocycles. The molecule has 2 aliphatic rings. The number of rotatable bonds is 4. The number of aliphatic imine (C=N–C) groups is 1. The molecule has 3 rings (SSSR count). The molecule has 102 valence electrons. The van der Waals surface area contributed by atoms with E-state index in [1.807, 2.05) is 6.33 Å². The molecule has 1 aromatic rings. The molecule has 1 aliphatic heterocycles. The van der Waals surface area contributed by atoms with Gasteiger partial charge in [-0.25, -0.2) is 4.98 Å². The van der Waals surface area contributed by atoms with Crippen LogP contribution in [0.1, 0.15) is 44.5 Å². The minimum atomic E-state index is -0.367. The minimum absolute atomic E-state index is 0.0510. The predicted octanol–water partition coefficient (Wildman–Crippen LogP) is 0.990. The van der Waals surface area contributed by atoms with Gasteiger partial charge in [-0.1, -0.05) is 13.8 Å². The quantitative estimate of drug-likeness (QED) is 0.849. The van der Waals surface area contributed by atoms with Crippen molar-refractivity contribution in [3.05, 3.63) is 18.2 Å². The molecule has 1 amide bonds. The molecule has 6 heteroatoms. The average molecular weight is 261 g/mol. The van der Waals surface area contributed by atoms with Gasteiger partial charge in [0.2, 0.25) is 0 Å². The molecular weight excluding hydrogens is 242 g/mol. The van der Waals surface area contributed by atoms with Gasteiger partial charge in [0.25, 0.3) is 5.91 Å². The summed E-state index contributed by atoms with van der Waals surface area (Å²) in [5.74, 6) is 0.999. The predicted molar refractivity (Wildman–Crippen MR) is 71.7 cm³/mol. The van der Waals surface area contributed by atoms with E-state index in [0.29, 0.717) is 24.5 Å². The maximum atomic E-state index is 12.0. The van der Waals surface area contributed by atoms with Crippen LogP contribution in [0.3, 0.4) is 0 Å². The number of amides is 1. The lowest BCUT2D eigenvalue weighted by atomic mass is 10.2. The summed E-state index contributed by atoms with van der Waals surface area (Å²) in [4.78, 5) is 20.6. The van der Waals surface area contributed by atoms with Crippen molar-refractivity contribution in [2.24, 2.45) is 10.9 Å².